The molecule has 5 nitrogen and oxygen atoms in total. The Morgan fingerprint density at radius 3 is 2.58 bits per heavy atom. The summed E-state index contributed by atoms with van der Waals surface area (Å²) < 4.78 is 1.83. The van der Waals surface area contributed by atoms with Crippen LogP contribution in [0.5, 0.6) is 0 Å². The smallest absolute Gasteiger partial charge is 0.268 e. The SMILES string of the molecule is CC(C)CC(O)CNC(=O)c1cc(N)cn1C(C)C. The van der Waals surface area contributed by atoms with Crippen LogP contribution in [0.15, 0.2) is 12.3 Å². The van der Waals surface area contributed by atoms with Gasteiger partial charge in [-0.2, -0.15) is 0 Å². The van der Waals surface area contributed by atoms with Crippen molar-refractivity contribution < 1.29 is 9.90 Å². The van der Waals surface area contributed by atoms with Crippen molar-refractivity contribution >= 4 is 11.6 Å². The second-order valence-electron chi connectivity index (χ2n) is 5.65. The number of aromatic nitrogens is 1. The van der Waals surface area contributed by atoms with Crippen molar-refractivity contribution in [2.75, 3.05) is 12.3 Å². The van der Waals surface area contributed by atoms with Crippen LogP contribution in [0.25, 0.3) is 0 Å². The Balaban J connectivity index is 2.63. The summed E-state index contributed by atoms with van der Waals surface area (Å²) in [6.45, 7) is 8.32. The fourth-order valence-electron chi connectivity index (χ4n) is 2.04. The number of hydrogen-bond donors (Lipinski definition) is 3. The molecule has 1 unspecified atom stereocenters. The molecule has 0 bridgehead atoms. The fraction of sp³-hybridized carbons (Fsp3) is 0.643. The van der Waals surface area contributed by atoms with Crippen LogP contribution in [0.2, 0.25) is 0 Å². The average molecular weight is 267 g/mol. The lowest BCUT2D eigenvalue weighted by atomic mass is 10.1. The summed E-state index contributed by atoms with van der Waals surface area (Å²) in [5.74, 6) is 0.204. The van der Waals surface area contributed by atoms with Gasteiger partial charge in [0.2, 0.25) is 0 Å². The molecular weight excluding hydrogens is 242 g/mol. The first-order chi connectivity index (χ1) is 8.81. The van der Waals surface area contributed by atoms with Crippen LogP contribution in [0.1, 0.15) is 50.6 Å². The molecule has 1 amide bonds. The average Bonchev–Trinajstić information content (AvgIpc) is 2.67. The molecule has 1 aromatic rings. The molecule has 0 spiro atoms. The molecule has 0 aliphatic heterocycles. The summed E-state index contributed by atoms with van der Waals surface area (Å²) in [6, 6.07) is 1.82. The second kappa shape index (κ2) is 6.61. The molecule has 19 heavy (non-hydrogen) atoms. The molecule has 0 aromatic carbocycles. The first kappa shape index (κ1) is 15.6. The van der Waals surface area contributed by atoms with Gasteiger partial charge in [0.15, 0.2) is 0 Å². The summed E-state index contributed by atoms with van der Waals surface area (Å²) in [4.78, 5) is 12.1. The zero-order valence-corrected chi connectivity index (χ0v) is 12.2. The number of nitrogens with two attached hydrogens (primary N) is 1. The van der Waals surface area contributed by atoms with Gasteiger partial charge in [-0.25, -0.2) is 0 Å². The van der Waals surface area contributed by atoms with E-state index in [0.29, 0.717) is 23.7 Å². The molecular formula is C14H25N3O2. The van der Waals surface area contributed by atoms with Crippen LogP contribution in [-0.2, 0) is 0 Å². The number of aliphatic hydroxyl groups is 1. The maximum Gasteiger partial charge on any atom is 0.268 e. The zero-order chi connectivity index (χ0) is 14.6. The zero-order valence-electron chi connectivity index (χ0n) is 12.2. The van der Waals surface area contributed by atoms with Crippen molar-refractivity contribution in [1.29, 1.82) is 0 Å². The number of carbonyl (C=O) groups excluding carboxylic acids is 1. The van der Waals surface area contributed by atoms with Crippen molar-refractivity contribution in [1.82, 2.24) is 9.88 Å². The molecule has 108 valence electrons. The van der Waals surface area contributed by atoms with Crippen LogP contribution in [0.3, 0.4) is 0 Å². The van der Waals surface area contributed by atoms with Crippen LogP contribution in [-0.4, -0.2) is 28.2 Å². The molecule has 1 rings (SSSR count). The largest absolute Gasteiger partial charge is 0.397 e. The number of hydrogen-bond acceptors (Lipinski definition) is 3. The van der Waals surface area contributed by atoms with Gasteiger partial charge in [0, 0.05) is 18.8 Å². The highest BCUT2D eigenvalue weighted by Gasteiger charge is 2.16. The Hall–Kier alpha value is -1.49. The minimum atomic E-state index is -0.510. The number of nitrogens with one attached hydrogen (secondary N) is 1. The molecule has 5 heteroatoms. The molecule has 1 aromatic heterocycles. The van der Waals surface area contributed by atoms with Crippen LogP contribution < -0.4 is 11.1 Å². The van der Waals surface area contributed by atoms with Crippen molar-refractivity contribution in [2.24, 2.45) is 5.92 Å². The van der Waals surface area contributed by atoms with E-state index in [1.807, 2.05) is 32.3 Å². The van der Waals surface area contributed by atoms with Crippen LogP contribution in [0, 0.1) is 5.92 Å². The Kier molecular flexibility index (Phi) is 5.42. The van der Waals surface area contributed by atoms with E-state index in [0.717, 1.165) is 0 Å². The van der Waals surface area contributed by atoms with E-state index in [9.17, 15) is 9.90 Å². The normalized spacial score (nSPS) is 13.0. The Bertz CT molecular complexity index is 424. The van der Waals surface area contributed by atoms with Crippen molar-refractivity contribution in [3.8, 4) is 0 Å². The molecule has 1 heterocycles. The van der Waals surface area contributed by atoms with Crippen LogP contribution >= 0.6 is 0 Å². The molecule has 0 aliphatic carbocycles. The van der Waals surface area contributed by atoms with E-state index in [-0.39, 0.29) is 18.5 Å². The lowest BCUT2D eigenvalue weighted by molar-refractivity contribution is 0.0890. The van der Waals surface area contributed by atoms with E-state index in [1.54, 1.807) is 12.3 Å². The first-order valence-corrected chi connectivity index (χ1v) is 6.74. The Morgan fingerprint density at radius 1 is 1.42 bits per heavy atom. The molecule has 0 fully saturated rings. The van der Waals surface area contributed by atoms with Crippen molar-refractivity contribution in [2.45, 2.75) is 46.3 Å². The van der Waals surface area contributed by atoms with Gasteiger partial charge >= 0.3 is 0 Å². The number of aliphatic hydroxyl groups excluding tert-OH is 1. The van der Waals surface area contributed by atoms with E-state index in [2.05, 4.69) is 5.32 Å². The summed E-state index contributed by atoms with van der Waals surface area (Å²) in [6.07, 6.45) is 1.92. The highest BCUT2D eigenvalue weighted by Crippen LogP contribution is 2.16. The summed E-state index contributed by atoms with van der Waals surface area (Å²) >= 11 is 0. The number of carbonyl (C=O) groups is 1. The molecule has 0 radical (unpaired) electrons. The molecule has 4 N–H and O–H groups in total. The van der Waals surface area contributed by atoms with Gasteiger partial charge in [-0.3, -0.25) is 4.79 Å². The van der Waals surface area contributed by atoms with E-state index in [4.69, 9.17) is 5.73 Å². The highest BCUT2D eigenvalue weighted by molar-refractivity contribution is 5.93. The number of rotatable bonds is 6. The lowest BCUT2D eigenvalue weighted by Crippen LogP contribution is -2.34. The predicted octanol–water partition coefficient (Wildman–Crippen LogP) is 1.79. The van der Waals surface area contributed by atoms with Gasteiger partial charge < -0.3 is 20.7 Å². The predicted molar refractivity (Wildman–Crippen MR) is 77.0 cm³/mol. The van der Waals surface area contributed by atoms with Gasteiger partial charge in [-0.15, -0.1) is 0 Å². The minimum absolute atomic E-state index is 0.165. The third-order valence-corrected chi connectivity index (χ3v) is 2.90. The van der Waals surface area contributed by atoms with Gasteiger partial charge in [0.05, 0.1) is 11.8 Å². The third kappa shape index (κ3) is 4.59. The van der Waals surface area contributed by atoms with Gasteiger partial charge in [0.25, 0.3) is 5.91 Å². The van der Waals surface area contributed by atoms with E-state index in [1.165, 1.54) is 0 Å². The van der Waals surface area contributed by atoms with Gasteiger partial charge in [-0.1, -0.05) is 13.8 Å². The van der Waals surface area contributed by atoms with Gasteiger partial charge in [0.1, 0.15) is 5.69 Å². The first-order valence-electron chi connectivity index (χ1n) is 6.74. The fourth-order valence-corrected chi connectivity index (χ4v) is 2.04. The lowest BCUT2D eigenvalue weighted by Gasteiger charge is -2.15. The molecule has 0 saturated carbocycles. The standard InChI is InChI=1S/C14H25N3O2/c1-9(2)5-12(18)7-16-14(19)13-6-11(15)8-17(13)10(3)4/h6,8-10,12,18H,5,7,15H2,1-4H3,(H,16,19). The second-order valence-corrected chi connectivity index (χ2v) is 5.65. The summed E-state index contributed by atoms with van der Waals surface area (Å²) in [5, 5.41) is 12.5. The number of nitrogens with zero attached hydrogens (tertiary/aromatic N) is 1. The van der Waals surface area contributed by atoms with Crippen molar-refractivity contribution in [3.63, 3.8) is 0 Å². The monoisotopic (exact) mass is 267 g/mol. The summed E-state index contributed by atoms with van der Waals surface area (Å²) in [7, 11) is 0. The van der Waals surface area contributed by atoms with Gasteiger partial charge in [-0.05, 0) is 32.3 Å². The Morgan fingerprint density at radius 2 is 2.05 bits per heavy atom. The summed E-state index contributed by atoms with van der Waals surface area (Å²) in [5.41, 5.74) is 6.83. The molecule has 1 atom stereocenters. The highest BCUT2D eigenvalue weighted by atomic mass is 16.3. The van der Waals surface area contributed by atoms with E-state index < -0.39 is 6.10 Å². The topological polar surface area (TPSA) is 80.3 Å². The number of anilines is 1. The maximum atomic E-state index is 12.1. The van der Waals surface area contributed by atoms with Crippen molar-refractivity contribution in [3.05, 3.63) is 18.0 Å². The quantitative estimate of drug-likeness (QED) is 0.735. The Labute approximate surface area is 114 Å². The molecule has 0 saturated heterocycles. The minimum Gasteiger partial charge on any atom is -0.397 e. The van der Waals surface area contributed by atoms with E-state index >= 15 is 0 Å². The van der Waals surface area contributed by atoms with Crippen LogP contribution in [0.4, 0.5) is 5.69 Å². The number of amides is 1. The maximum absolute atomic E-state index is 12.1. The number of nitrogen functional groups attached to an aromatic ring is 1. The molecule has 0 aliphatic rings. The third-order valence-electron chi connectivity index (χ3n) is 2.90.